The van der Waals surface area contributed by atoms with Crippen LogP contribution in [0.2, 0.25) is 5.02 Å². The summed E-state index contributed by atoms with van der Waals surface area (Å²) in [5, 5.41) is 5.08. The molecule has 2 aromatic carbocycles. The van der Waals surface area contributed by atoms with Gasteiger partial charge < -0.3 is 5.32 Å². The summed E-state index contributed by atoms with van der Waals surface area (Å²) in [6, 6.07) is 14.3. The van der Waals surface area contributed by atoms with Crippen LogP contribution in [0.3, 0.4) is 0 Å². The molecular weight excluding hydrogens is 288 g/mol. The number of fused-ring (bicyclic) bond motifs is 1. The molecule has 1 N–H and O–H groups in total. The summed E-state index contributed by atoms with van der Waals surface area (Å²) >= 11 is 7.64. The number of nitrogens with one attached hydrogen (secondary N) is 1. The van der Waals surface area contributed by atoms with E-state index in [4.69, 9.17) is 11.6 Å². The molecule has 1 aromatic heterocycles. The van der Waals surface area contributed by atoms with Gasteiger partial charge in [-0.15, -0.1) is 0 Å². The maximum absolute atomic E-state index is 5.97. The number of hydrogen-bond acceptors (Lipinski definition) is 3. The molecule has 0 aliphatic rings. The Hall–Kier alpha value is -1.58. The highest BCUT2D eigenvalue weighted by Crippen LogP contribution is 2.27. The molecule has 0 saturated heterocycles. The molecule has 1 heterocycles. The van der Waals surface area contributed by atoms with Crippen LogP contribution in [-0.4, -0.2) is 11.5 Å². The van der Waals surface area contributed by atoms with Crippen molar-refractivity contribution in [3.63, 3.8) is 0 Å². The molecule has 0 spiro atoms. The van der Waals surface area contributed by atoms with Crippen LogP contribution in [0.1, 0.15) is 11.1 Å². The molecule has 0 radical (unpaired) electrons. The van der Waals surface area contributed by atoms with Gasteiger partial charge in [-0.25, -0.2) is 4.98 Å². The first kappa shape index (κ1) is 13.4. The first-order valence-corrected chi connectivity index (χ1v) is 7.76. The van der Waals surface area contributed by atoms with E-state index in [0.717, 1.165) is 33.3 Å². The largest absolute Gasteiger partial charge is 0.361 e. The molecular formula is C16H15ClN2S. The van der Waals surface area contributed by atoms with E-state index in [1.807, 2.05) is 18.2 Å². The molecule has 3 aromatic rings. The topological polar surface area (TPSA) is 24.9 Å². The van der Waals surface area contributed by atoms with Gasteiger partial charge in [0.15, 0.2) is 5.13 Å². The van der Waals surface area contributed by atoms with Crippen LogP contribution in [0.5, 0.6) is 0 Å². The maximum Gasteiger partial charge on any atom is 0.183 e. The van der Waals surface area contributed by atoms with Crippen molar-refractivity contribution in [1.29, 1.82) is 0 Å². The van der Waals surface area contributed by atoms with E-state index in [2.05, 4.69) is 41.5 Å². The summed E-state index contributed by atoms with van der Waals surface area (Å²) in [7, 11) is 0. The summed E-state index contributed by atoms with van der Waals surface area (Å²) in [4.78, 5) is 4.55. The van der Waals surface area contributed by atoms with E-state index < -0.39 is 0 Å². The zero-order chi connectivity index (χ0) is 13.9. The number of thiazole rings is 1. The maximum atomic E-state index is 5.97. The summed E-state index contributed by atoms with van der Waals surface area (Å²) < 4.78 is 1.16. The minimum atomic E-state index is 0.731. The fraction of sp³-hybridized carbons (Fsp3) is 0.188. The van der Waals surface area contributed by atoms with Crippen LogP contribution in [0.15, 0.2) is 42.5 Å². The number of benzene rings is 2. The zero-order valence-electron chi connectivity index (χ0n) is 11.2. The molecule has 20 heavy (non-hydrogen) atoms. The predicted octanol–water partition coefficient (Wildman–Crippen LogP) is 4.91. The van der Waals surface area contributed by atoms with Gasteiger partial charge in [-0.3, -0.25) is 0 Å². The van der Waals surface area contributed by atoms with Crippen molar-refractivity contribution in [1.82, 2.24) is 4.98 Å². The van der Waals surface area contributed by atoms with Crippen molar-refractivity contribution in [2.24, 2.45) is 0 Å². The van der Waals surface area contributed by atoms with Crippen LogP contribution in [0.25, 0.3) is 10.2 Å². The van der Waals surface area contributed by atoms with Gasteiger partial charge in [-0.05, 0) is 42.7 Å². The lowest BCUT2D eigenvalue weighted by Crippen LogP contribution is -2.05. The van der Waals surface area contributed by atoms with Gasteiger partial charge in [0.25, 0.3) is 0 Å². The van der Waals surface area contributed by atoms with Crippen LogP contribution >= 0.6 is 22.9 Å². The Labute approximate surface area is 127 Å². The van der Waals surface area contributed by atoms with Gasteiger partial charge in [0.05, 0.1) is 10.2 Å². The number of aromatic nitrogens is 1. The lowest BCUT2D eigenvalue weighted by atomic mass is 10.1. The predicted molar refractivity (Wildman–Crippen MR) is 88.0 cm³/mol. The van der Waals surface area contributed by atoms with Gasteiger partial charge in [0.2, 0.25) is 0 Å². The van der Waals surface area contributed by atoms with Gasteiger partial charge in [-0.1, -0.05) is 47.2 Å². The highest BCUT2D eigenvalue weighted by Gasteiger charge is 2.04. The standard InChI is InChI=1S/C16H15ClN2S/c1-11-4-2-3-5-12(11)8-9-18-16-19-14-10-13(17)6-7-15(14)20-16/h2-7,10H,8-9H2,1H3,(H,18,19). The Morgan fingerprint density at radius 1 is 1.20 bits per heavy atom. The molecule has 0 fully saturated rings. The SMILES string of the molecule is Cc1ccccc1CCNc1nc2cc(Cl)ccc2s1. The molecule has 0 unspecified atom stereocenters. The Morgan fingerprint density at radius 2 is 2.05 bits per heavy atom. The van der Waals surface area contributed by atoms with Crippen molar-refractivity contribution in [2.45, 2.75) is 13.3 Å². The van der Waals surface area contributed by atoms with Crippen LogP contribution in [0.4, 0.5) is 5.13 Å². The van der Waals surface area contributed by atoms with E-state index >= 15 is 0 Å². The number of halogens is 1. The summed E-state index contributed by atoms with van der Waals surface area (Å²) in [6.07, 6.45) is 1.00. The van der Waals surface area contributed by atoms with E-state index in [-0.39, 0.29) is 0 Å². The summed E-state index contributed by atoms with van der Waals surface area (Å²) in [6.45, 7) is 3.04. The third-order valence-corrected chi connectivity index (χ3v) is 4.51. The van der Waals surface area contributed by atoms with E-state index in [0.29, 0.717) is 0 Å². The third kappa shape index (κ3) is 2.94. The third-order valence-electron chi connectivity index (χ3n) is 3.28. The smallest absolute Gasteiger partial charge is 0.183 e. The fourth-order valence-corrected chi connectivity index (χ4v) is 3.21. The number of aryl methyl sites for hydroxylation is 1. The average molecular weight is 303 g/mol. The van der Waals surface area contributed by atoms with E-state index in [1.54, 1.807) is 11.3 Å². The zero-order valence-corrected chi connectivity index (χ0v) is 12.8. The number of hydrogen-bond donors (Lipinski definition) is 1. The molecule has 0 amide bonds. The Morgan fingerprint density at radius 3 is 2.90 bits per heavy atom. The molecule has 102 valence electrons. The molecule has 0 saturated carbocycles. The minimum Gasteiger partial charge on any atom is -0.361 e. The number of anilines is 1. The monoisotopic (exact) mass is 302 g/mol. The molecule has 0 aliphatic heterocycles. The number of nitrogens with zero attached hydrogens (tertiary/aromatic N) is 1. The van der Waals surface area contributed by atoms with Crippen LogP contribution in [-0.2, 0) is 6.42 Å². The van der Waals surface area contributed by atoms with Crippen LogP contribution < -0.4 is 5.32 Å². The van der Waals surface area contributed by atoms with Gasteiger partial charge in [0, 0.05) is 11.6 Å². The second kappa shape index (κ2) is 5.81. The first-order chi connectivity index (χ1) is 9.72. The highest BCUT2D eigenvalue weighted by molar-refractivity contribution is 7.22. The van der Waals surface area contributed by atoms with Crippen molar-refractivity contribution < 1.29 is 0 Å². The van der Waals surface area contributed by atoms with Gasteiger partial charge in [0.1, 0.15) is 0 Å². The molecule has 0 atom stereocenters. The molecule has 0 aliphatic carbocycles. The minimum absolute atomic E-state index is 0.731. The normalized spacial score (nSPS) is 10.9. The Bertz CT molecular complexity index is 736. The quantitative estimate of drug-likeness (QED) is 0.740. The van der Waals surface area contributed by atoms with Crippen LogP contribution in [0, 0.1) is 6.92 Å². The second-order valence-corrected chi connectivity index (χ2v) is 6.20. The Balaban J connectivity index is 1.67. The molecule has 3 rings (SSSR count). The Kier molecular flexibility index (Phi) is 3.90. The molecule has 4 heteroatoms. The molecule has 2 nitrogen and oxygen atoms in total. The van der Waals surface area contributed by atoms with E-state index in [9.17, 15) is 0 Å². The first-order valence-electron chi connectivity index (χ1n) is 6.57. The highest BCUT2D eigenvalue weighted by atomic mass is 35.5. The average Bonchev–Trinajstić information content (AvgIpc) is 2.83. The van der Waals surface area contributed by atoms with E-state index in [1.165, 1.54) is 11.1 Å². The van der Waals surface area contributed by atoms with Crippen molar-refractivity contribution in [3.05, 3.63) is 58.6 Å². The van der Waals surface area contributed by atoms with Gasteiger partial charge in [-0.2, -0.15) is 0 Å². The fourth-order valence-electron chi connectivity index (χ4n) is 2.17. The van der Waals surface area contributed by atoms with Gasteiger partial charge >= 0.3 is 0 Å². The lowest BCUT2D eigenvalue weighted by molar-refractivity contribution is 1.00. The summed E-state index contributed by atoms with van der Waals surface area (Å²) in [5.74, 6) is 0. The van der Waals surface area contributed by atoms with Crippen molar-refractivity contribution >= 4 is 38.3 Å². The van der Waals surface area contributed by atoms with Crippen molar-refractivity contribution in [3.8, 4) is 0 Å². The summed E-state index contributed by atoms with van der Waals surface area (Å²) in [5.41, 5.74) is 3.68. The lowest BCUT2D eigenvalue weighted by Gasteiger charge is -2.05. The second-order valence-electron chi connectivity index (χ2n) is 4.73. The number of rotatable bonds is 4. The molecule has 0 bridgehead atoms. The van der Waals surface area contributed by atoms with Crippen molar-refractivity contribution in [2.75, 3.05) is 11.9 Å².